The van der Waals surface area contributed by atoms with Gasteiger partial charge in [0, 0.05) is 17.8 Å². The molecule has 1 aromatic heterocycles. The predicted octanol–water partition coefficient (Wildman–Crippen LogP) is 5.19. The fraction of sp³-hybridized carbons (Fsp3) is 0.406. The van der Waals surface area contributed by atoms with Gasteiger partial charge in [0.1, 0.15) is 11.9 Å². The fourth-order valence-corrected chi connectivity index (χ4v) is 6.80. The average molecular weight is 654 g/mol. The van der Waals surface area contributed by atoms with E-state index >= 15 is 4.39 Å². The number of carboxylic acids is 1. The second kappa shape index (κ2) is 12.6. The molecule has 242 valence electrons. The minimum absolute atomic E-state index is 0.0112. The molecule has 46 heavy (non-hydrogen) atoms. The summed E-state index contributed by atoms with van der Waals surface area (Å²) in [6, 6.07) is 7.20. The van der Waals surface area contributed by atoms with Crippen molar-refractivity contribution in [3.8, 4) is 11.3 Å². The Morgan fingerprint density at radius 2 is 1.98 bits per heavy atom. The molecule has 1 saturated heterocycles. The van der Waals surface area contributed by atoms with Gasteiger partial charge in [0.05, 0.1) is 54.2 Å². The number of imidazole rings is 1. The fourth-order valence-electron chi connectivity index (χ4n) is 6.65. The third-order valence-electron chi connectivity index (χ3n) is 8.88. The second-order valence-corrected chi connectivity index (χ2v) is 12.3. The molecule has 3 aromatic rings. The number of carbonyl (C=O) groups excluding carboxylic acids is 3. The molecule has 0 aliphatic carbocycles. The van der Waals surface area contributed by atoms with Gasteiger partial charge < -0.3 is 29.8 Å². The number of amides is 2. The van der Waals surface area contributed by atoms with Gasteiger partial charge in [0.25, 0.3) is 0 Å². The zero-order chi connectivity index (χ0) is 32.6. The summed E-state index contributed by atoms with van der Waals surface area (Å²) in [5, 5.41) is 15.5. The van der Waals surface area contributed by atoms with Crippen molar-refractivity contribution in [3.63, 3.8) is 0 Å². The normalized spacial score (nSPS) is 22.6. The first-order valence-corrected chi connectivity index (χ1v) is 15.5. The minimum Gasteiger partial charge on any atom is -0.480 e. The highest BCUT2D eigenvalue weighted by Crippen LogP contribution is 2.46. The van der Waals surface area contributed by atoms with Crippen molar-refractivity contribution in [2.45, 2.75) is 62.5 Å². The molecule has 2 bridgehead atoms. The van der Waals surface area contributed by atoms with Gasteiger partial charge in [0.15, 0.2) is 11.4 Å². The van der Waals surface area contributed by atoms with E-state index in [4.69, 9.17) is 21.1 Å². The van der Waals surface area contributed by atoms with Crippen molar-refractivity contribution in [3.05, 3.63) is 64.3 Å². The largest absolute Gasteiger partial charge is 0.480 e. The number of aliphatic carboxylic acids is 1. The number of rotatable bonds is 4. The molecule has 14 heteroatoms. The molecular formula is C32H33ClFN5O7. The maximum atomic E-state index is 15.4. The molecule has 0 radical (unpaired) electrons. The zero-order valence-corrected chi connectivity index (χ0v) is 25.8. The average Bonchev–Trinajstić information content (AvgIpc) is 3.51. The molecule has 2 aromatic carbocycles. The Labute approximate surface area is 268 Å². The van der Waals surface area contributed by atoms with E-state index in [1.807, 2.05) is 0 Å². The molecule has 12 nitrogen and oxygen atoms in total. The van der Waals surface area contributed by atoms with Gasteiger partial charge in [-0.2, -0.15) is 0 Å². The number of carboxylic acid groups (broad SMARTS) is 1. The van der Waals surface area contributed by atoms with Crippen LogP contribution in [0.3, 0.4) is 0 Å². The van der Waals surface area contributed by atoms with Gasteiger partial charge in [-0.1, -0.05) is 36.6 Å². The molecule has 4 heterocycles. The molecule has 3 aliphatic rings. The maximum Gasteiger partial charge on any atom is 0.412 e. The van der Waals surface area contributed by atoms with Gasteiger partial charge in [-0.25, -0.2) is 19.0 Å². The van der Waals surface area contributed by atoms with E-state index in [0.717, 1.165) is 0 Å². The van der Waals surface area contributed by atoms with Gasteiger partial charge in [0.2, 0.25) is 5.91 Å². The van der Waals surface area contributed by atoms with Gasteiger partial charge in [-0.15, -0.1) is 0 Å². The molecule has 2 amide bonds. The molecule has 3 aliphatic heterocycles. The van der Waals surface area contributed by atoms with E-state index in [1.54, 1.807) is 29.3 Å². The number of benzene rings is 2. The number of aromatic nitrogens is 2. The zero-order valence-electron chi connectivity index (χ0n) is 25.0. The van der Waals surface area contributed by atoms with Crippen LogP contribution in [0, 0.1) is 5.82 Å². The van der Waals surface area contributed by atoms with Crippen molar-refractivity contribution in [2.75, 3.05) is 30.8 Å². The molecule has 6 rings (SSSR count). The van der Waals surface area contributed by atoms with Crippen LogP contribution in [0.5, 0.6) is 0 Å². The van der Waals surface area contributed by atoms with Gasteiger partial charge in [-0.05, 0) is 49.4 Å². The lowest BCUT2D eigenvalue weighted by molar-refractivity contribution is -0.141. The number of hydrogen-bond acceptors (Lipinski definition) is 8. The van der Waals surface area contributed by atoms with Crippen LogP contribution in [0.4, 0.5) is 20.6 Å². The third-order valence-corrected chi connectivity index (χ3v) is 9.17. The Kier molecular flexibility index (Phi) is 8.60. The first kappa shape index (κ1) is 31.3. The minimum atomic E-state index is -1.42. The molecule has 4 N–H and O–H groups in total. The summed E-state index contributed by atoms with van der Waals surface area (Å²) < 4.78 is 26.0. The highest BCUT2D eigenvalue weighted by atomic mass is 35.5. The lowest BCUT2D eigenvalue weighted by Gasteiger charge is -2.45. The number of fused-ring (bicyclic) bond motifs is 6. The quantitative estimate of drug-likeness (QED) is 0.278. The predicted molar refractivity (Wildman–Crippen MR) is 165 cm³/mol. The number of aromatic amines is 1. The Bertz CT molecular complexity index is 1710. The molecular weight excluding hydrogens is 621 g/mol. The SMILES string of the molecule is COC(=O)Cc1ccc2c(c1)NC(C(=O)O)CCCCC(C(=O)N1CCC[C@@]3(C1)OC(=O)Nc1ccc(Cl)c(F)c13)c1ncc-2[nH]1. The van der Waals surface area contributed by atoms with Crippen molar-refractivity contribution in [2.24, 2.45) is 0 Å². The van der Waals surface area contributed by atoms with Crippen molar-refractivity contribution in [1.82, 2.24) is 14.9 Å². The molecule has 1 spiro atoms. The first-order valence-electron chi connectivity index (χ1n) is 15.1. The molecule has 2 unspecified atom stereocenters. The molecule has 3 atom stereocenters. The van der Waals surface area contributed by atoms with Crippen molar-refractivity contribution < 1.29 is 38.1 Å². The number of ether oxygens (including phenoxy) is 2. The number of piperidine rings is 1. The molecule has 1 fully saturated rings. The van der Waals surface area contributed by atoms with Crippen molar-refractivity contribution >= 4 is 46.9 Å². The maximum absolute atomic E-state index is 15.4. The summed E-state index contributed by atoms with van der Waals surface area (Å²) in [7, 11) is 1.30. The van der Waals surface area contributed by atoms with E-state index in [9.17, 15) is 24.3 Å². The monoisotopic (exact) mass is 653 g/mol. The number of nitrogens with zero attached hydrogens (tertiary/aromatic N) is 2. The van der Waals surface area contributed by atoms with Crippen LogP contribution in [0.1, 0.15) is 61.4 Å². The number of hydrogen-bond donors (Lipinski definition) is 4. The van der Waals surface area contributed by atoms with Crippen LogP contribution < -0.4 is 10.6 Å². The number of H-pyrrole nitrogens is 1. The smallest absolute Gasteiger partial charge is 0.412 e. The van der Waals surface area contributed by atoms with Crippen LogP contribution in [0.2, 0.25) is 5.02 Å². The highest BCUT2D eigenvalue weighted by molar-refractivity contribution is 6.31. The van der Waals surface area contributed by atoms with E-state index in [1.165, 1.54) is 19.2 Å². The summed E-state index contributed by atoms with van der Waals surface area (Å²) in [5.74, 6) is -2.72. The topological polar surface area (TPSA) is 163 Å². The first-order chi connectivity index (χ1) is 22.1. The van der Waals surface area contributed by atoms with E-state index < -0.39 is 41.4 Å². The Hall–Kier alpha value is -4.65. The van der Waals surface area contributed by atoms with E-state index in [0.29, 0.717) is 73.4 Å². The van der Waals surface area contributed by atoms with Crippen LogP contribution in [-0.2, 0) is 35.9 Å². The van der Waals surface area contributed by atoms with Crippen LogP contribution in [0.25, 0.3) is 11.3 Å². The van der Waals surface area contributed by atoms with Crippen LogP contribution in [0.15, 0.2) is 36.5 Å². The lowest BCUT2D eigenvalue weighted by atomic mass is 9.82. The Balaban J connectivity index is 1.33. The number of esters is 1. The summed E-state index contributed by atoms with van der Waals surface area (Å²) in [4.78, 5) is 60.4. The second-order valence-electron chi connectivity index (χ2n) is 11.8. The highest BCUT2D eigenvalue weighted by Gasteiger charge is 2.49. The Morgan fingerprint density at radius 3 is 2.76 bits per heavy atom. The summed E-state index contributed by atoms with van der Waals surface area (Å²) in [6.07, 6.45) is 3.32. The summed E-state index contributed by atoms with van der Waals surface area (Å²) >= 11 is 6.12. The number of halogens is 2. The number of carbonyl (C=O) groups is 4. The number of likely N-dealkylation sites (tertiary alicyclic amines) is 1. The summed E-state index contributed by atoms with van der Waals surface area (Å²) in [5.41, 5.74) is 1.26. The standard InChI is InChI=1S/C32H33ClFN5O7/c1-45-25(40)14-17-7-8-18-23(13-17)36-22(30(42)43)6-3-2-5-19(28-35-15-24(18)37-28)29(41)39-12-4-11-32(16-39)26-21(38-31(44)46-32)10-9-20(33)27(26)34/h7-10,13,15,19,22,36H,2-6,11-12,14,16H2,1H3,(H,35,37)(H,38,44)(H,42,43)/t19?,22?,32-/m0/s1. The number of anilines is 2. The third kappa shape index (κ3) is 5.98. The van der Waals surface area contributed by atoms with Gasteiger partial charge >= 0.3 is 18.0 Å². The Morgan fingerprint density at radius 1 is 1.17 bits per heavy atom. The van der Waals surface area contributed by atoms with Gasteiger partial charge in [-0.3, -0.25) is 14.9 Å². The van der Waals surface area contributed by atoms with E-state index in [-0.39, 0.29) is 35.1 Å². The number of nitrogens with one attached hydrogen (secondary N) is 3. The lowest BCUT2D eigenvalue weighted by Crippen LogP contribution is -2.54. The van der Waals surface area contributed by atoms with E-state index in [2.05, 4.69) is 20.6 Å². The van der Waals surface area contributed by atoms with Crippen molar-refractivity contribution in [1.29, 1.82) is 0 Å². The van der Waals surface area contributed by atoms with Crippen LogP contribution >= 0.6 is 11.6 Å². The molecule has 0 saturated carbocycles. The number of methoxy groups -OCH3 is 1. The summed E-state index contributed by atoms with van der Waals surface area (Å²) in [6.45, 7) is 0.300. The van der Waals surface area contributed by atoms with Crippen LogP contribution in [-0.4, -0.2) is 70.2 Å².